The van der Waals surface area contributed by atoms with Gasteiger partial charge >= 0.3 is 0 Å². The van der Waals surface area contributed by atoms with Crippen LogP contribution in [-0.4, -0.2) is 50.6 Å². The minimum Gasteiger partial charge on any atom is -0.356 e. The molecule has 1 aliphatic rings. The average molecular weight is 226 g/mol. The quantitative estimate of drug-likeness (QED) is 0.404. The molecule has 2 N–H and O–H groups in total. The fraction of sp³-hybridized carbons (Fsp3) is 0.917. The monoisotopic (exact) mass is 226 g/mol. The van der Waals surface area contributed by atoms with Gasteiger partial charge in [0.1, 0.15) is 0 Å². The number of aliphatic imine (C=N–C) groups is 1. The highest BCUT2D eigenvalue weighted by Gasteiger charge is 2.09. The summed E-state index contributed by atoms with van der Waals surface area (Å²) < 4.78 is 0. The molecule has 4 nitrogen and oxygen atoms in total. The van der Waals surface area contributed by atoms with Gasteiger partial charge in [-0.2, -0.15) is 0 Å². The summed E-state index contributed by atoms with van der Waals surface area (Å²) in [6.07, 6.45) is 5.10. The van der Waals surface area contributed by atoms with Gasteiger partial charge in [0.2, 0.25) is 0 Å². The third-order valence-corrected chi connectivity index (χ3v) is 2.91. The SMILES string of the molecule is CCCNC(=NC)NCCCN1CCCC1. The van der Waals surface area contributed by atoms with Gasteiger partial charge in [-0.05, 0) is 45.3 Å². The first-order chi connectivity index (χ1) is 7.86. The van der Waals surface area contributed by atoms with Gasteiger partial charge in [0.15, 0.2) is 5.96 Å². The number of nitrogens with one attached hydrogen (secondary N) is 2. The van der Waals surface area contributed by atoms with Crippen LogP contribution in [0.15, 0.2) is 4.99 Å². The first kappa shape index (κ1) is 13.3. The highest BCUT2D eigenvalue weighted by molar-refractivity contribution is 5.79. The zero-order valence-electron chi connectivity index (χ0n) is 10.8. The maximum absolute atomic E-state index is 4.18. The van der Waals surface area contributed by atoms with Crippen molar-refractivity contribution in [1.29, 1.82) is 0 Å². The largest absolute Gasteiger partial charge is 0.356 e. The lowest BCUT2D eigenvalue weighted by Crippen LogP contribution is -2.38. The van der Waals surface area contributed by atoms with E-state index in [-0.39, 0.29) is 0 Å². The Kier molecular flexibility index (Phi) is 6.97. The second-order valence-corrected chi connectivity index (χ2v) is 4.33. The summed E-state index contributed by atoms with van der Waals surface area (Å²) in [5.41, 5.74) is 0. The van der Waals surface area contributed by atoms with Crippen molar-refractivity contribution in [2.24, 2.45) is 4.99 Å². The predicted molar refractivity (Wildman–Crippen MR) is 69.9 cm³/mol. The van der Waals surface area contributed by atoms with Crippen LogP contribution >= 0.6 is 0 Å². The van der Waals surface area contributed by atoms with E-state index >= 15 is 0 Å². The molecule has 0 aromatic rings. The number of rotatable bonds is 6. The molecule has 1 aliphatic heterocycles. The van der Waals surface area contributed by atoms with Crippen molar-refractivity contribution >= 4 is 5.96 Å². The maximum Gasteiger partial charge on any atom is 0.190 e. The summed E-state index contributed by atoms with van der Waals surface area (Å²) in [4.78, 5) is 6.72. The van der Waals surface area contributed by atoms with E-state index in [1.807, 2.05) is 7.05 Å². The first-order valence-electron chi connectivity index (χ1n) is 6.53. The van der Waals surface area contributed by atoms with Crippen LogP contribution in [0, 0.1) is 0 Å². The van der Waals surface area contributed by atoms with Crippen LogP contribution in [0.2, 0.25) is 0 Å². The molecule has 0 unspecified atom stereocenters. The molecule has 1 fully saturated rings. The minimum absolute atomic E-state index is 0.934. The van der Waals surface area contributed by atoms with Crippen molar-refractivity contribution in [2.45, 2.75) is 32.6 Å². The van der Waals surface area contributed by atoms with Gasteiger partial charge in [0, 0.05) is 20.1 Å². The average Bonchev–Trinajstić information content (AvgIpc) is 2.81. The lowest BCUT2D eigenvalue weighted by atomic mass is 10.4. The number of hydrogen-bond donors (Lipinski definition) is 2. The fourth-order valence-corrected chi connectivity index (χ4v) is 1.98. The Morgan fingerprint density at radius 1 is 1.19 bits per heavy atom. The van der Waals surface area contributed by atoms with Gasteiger partial charge in [0.25, 0.3) is 0 Å². The second-order valence-electron chi connectivity index (χ2n) is 4.33. The van der Waals surface area contributed by atoms with Gasteiger partial charge in [-0.1, -0.05) is 6.92 Å². The molecular formula is C12H26N4. The third-order valence-electron chi connectivity index (χ3n) is 2.91. The molecule has 0 atom stereocenters. The van der Waals surface area contributed by atoms with Gasteiger partial charge in [-0.25, -0.2) is 0 Å². The Morgan fingerprint density at radius 3 is 2.50 bits per heavy atom. The summed E-state index contributed by atoms with van der Waals surface area (Å²) in [6.45, 7) is 7.97. The molecule has 0 radical (unpaired) electrons. The van der Waals surface area contributed by atoms with Crippen LogP contribution in [0.3, 0.4) is 0 Å². The summed E-state index contributed by atoms with van der Waals surface area (Å²) in [6, 6.07) is 0. The zero-order chi connectivity index (χ0) is 11.6. The van der Waals surface area contributed by atoms with Gasteiger partial charge in [-0.15, -0.1) is 0 Å². The third kappa shape index (κ3) is 5.35. The van der Waals surface area contributed by atoms with E-state index in [2.05, 4.69) is 27.4 Å². The fourth-order valence-electron chi connectivity index (χ4n) is 1.98. The van der Waals surface area contributed by atoms with Crippen molar-refractivity contribution in [3.8, 4) is 0 Å². The van der Waals surface area contributed by atoms with Crippen molar-refractivity contribution in [2.75, 3.05) is 39.8 Å². The Labute approximate surface area is 99.5 Å². The van der Waals surface area contributed by atoms with Crippen molar-refractivity contribution < 1.29 is 0 Å². The molecule has 0 aliphatic carbocycles. The number of guanidine groups is 1. The van der Waals surface area contributed by atoms with Crippen molar-refractivity contribution in [3.63, 3.8) is 0 Å². The van der Waals surface area contributed by atoms with E-state index in [1.54, 1.807) is 0 Å². The van der Waals surface area contributed by atoms with Crippen LogP contribution < -0.4 is 10.6 Å². The smallest absolute Gasteiger partial charge is 0.190 e. The molecule has 4 heteroatoms. The Bertz CT molecular complexity index is 197. The molecule has 16 heavy (non-hydrogen) atoms. The van der Waals surface area contributed by atoms with E-state index in [1.165, 1.54) is 38.9 Å². The highest BCUT2D eigenvalue weighted by Crippen LogP contribution is 2.06. The second kappa shape index (κ2) is 8.39. The zero-order valence-corrected chi connectivity index (χ0v) is 10.8. The summed E-state index contributed by atoms with van der Waals surface area (Å²) in [7, 11) is 1.82. The van der Waals surface area contributed by atoms with E-state index < -0.39 is 0 Å². The molecule has 94 valence electrons. The summed E-state index contributed by atoms with van der Waals surface area (Å²) >= 11 is 0. The molecule has 1 heterocycles. The topological polar surface area (TPSA) is 39.7 Å². The summed E-state index contributed by atoms with van der Waals surface area (Å²) in [5.74, 6) is 0.934. The molecule has 1 rings (SSSR count). The van der Waals surface area contributed by atoms with Crippen molar-refractivity contribution in [3.05, 3.63) is 0 Å². The van der Waals surface area contributed by atoms with Crippen LogP contribution in [0.5, 0.6) is 0 Å². The van der Waals surface area contributed by atoms with E-state index in [0.717, 1.165) is 25.5 Å². The summed E-state index contributed by atoms with van der Waals surface area (Å²) in [5, 5.41) is 6.61. The van der Waals surface area contributed by atoms with E-state index in [4.69, 9.17) is 0 Å². The van der Waals surface area contributed by atoms with Crippen LogP contribution in [0.25, 0.3) is 0 Å². The van der Waals surface area contributed by atoms with Crippen LogP contribution in [-0.2, 0) is 0 Å². The molecule has 0 aromatic heterocycles. The van der Waals surface area contributed by atoms with Crippen LogP contribution in [0.4, 0.5) is 0 Å². The standard InChI is InChI=1S/C12H26N4/c1-3-7-14-12(13-2)15-8-6-11-16-9-4-5-10-16/h3-11H2,1-2H3,(H2,13,14,15). The molecule has 0 bridgehead atoms. The normalized spacial score (nSPS) is 17.8. The van der Waals surface area contributed by atoms with Crippen LogP contribution in [0.1, 0.15) is 32.6 Å². The molecule has 1 saturated heterocycles. The minimum atomic E-state index is 0.934. The van der Waals surface area contributed by atoms with Gasteiger partial charge < -0.3 is 15.5 Å². The maximum atomic E-state index is 4.18. The predicted octanol–water partition coefficient (Wildman–Crippen LogP) is 1.05. The Morgan fingerprint density at radius 2 is 1.88 bits per heavy atom. The molecular weight excluding hydrogens is 200 g/mol. The highest BCUT2D eigenvalue weighted by atomic mass is 15.2. The first-order valence-corrected chi connectivity index (χ1v) is 6.53. The van der Waals surface area contributed by atoms with Gasteiger partial charge in [-0.3, -0.25) is 4.99 Å². The molecule has 0 spiro atoms. The Hall–Kier alpha value is -0.770. The lowest BCUT2D eigenvalue weighted by Gasteiger charge is -2.15. The number of likely N-dealkylation sites (tertiary alicyclic amines) is 1. The number of nitrogens with zero attached hydrogens (tertiary/aromatic N) is 2. The Balaban J connectivity index is 1.99. The molecule has 0 aromatic carbocycles. The molecule has 0 saturated carbocycles. The van der Waals surface area contributed by atoms with E-state index in [0.29, 0.717) is 0 Å². The van der Waals surface area contributed by atoms with E-state index in [9.17, 15) is 0 Å². The number of hydrogen-bond acceptors (Lipinski definition) is 2. The van der Waals surface area contributed by atoms with Crippen molar-refractivity contribution in [1.82, 2.24) is 15.5 Å². The molecule has 0 amide bonds. The van der Waals surface area contributed by atoms with Gasteiger partial charge in [0.05, 0.1) is 0 Å². The lowest BCUT2D eigenvalue weighted by molar-refractivity contribution is 0.334.